The molecule has 17 heavy (non-hydrogen) atoms. The summed E-state index contributed by atoms with van der Waals surface area (Å²) in [6, 6.07) is 0. The van der Waals surface area contributed by atoms with Gasteiger partial charge in [-0.15, -0.1) is 0 Å². The third kappa shape index (κ3) is 3.90. The van der Waals surface area contributed by atoms with Gasteiger partial charge in [0.2, 0.25) is 0 Å². The van der Waals surface area contributed by atoms with E-state index in [9.17, 15) is 9.59 Å². The number of ketones is 1. The van der Waals surface area contributed by atoms with Crippen LogP contribution in [0, 0.1) is 6.92 Å². The normalized spacial score (nSPS) is 10.1. The van der Waals surface area contributed by atoms with E-state index in [0.29, 0.717) is 23.8 Å². The van der Waals surface area contributed by atoms with Gasteiger partial charge in [0.25, 0.3) is 0 Å². The Balaban J connectivity index is 2.52. The smallest absolute Gasteiger partial charge is 0.314 e. The summed E-state index contributed by atoms with van der Waals surface area (Å²) in [5, 5.41) is 3.72. The van der Waals surface area contributed by atoms with Gasteiger partial charge < -0.3 is 14.0 Å². The third-order valence-electron chi connectivity index (χ3n) is 2.02. The summed E-state index contributed by atoms with van der Waals surface area (Å²) >= 11 is 0. The van der Waals surface area contributed by atoms with Crippen molar-refractivity contribution in [1.82, 2.24) is 5.16 Å². The fourth-order valence-electron chi connectivity index (χ4n) is 1.15. The lowest BCUT2D eigenvalue weighted by Gasteiger charge is -2.01. The molecule has 0 fully saturated rings. The number of rotatable bonds is 6. The lowest BCUT2D eigenvalue weighted by Crippen LogP contribution is -2.09. The van der Waals surface area contributed by atoms with E-state index in [0.717, 1.165) is 0 Å². The molecule has 0 spiro atoms. The fourth-order valence-corrected chi connectivity index (χ4v) is 1.15. The number of nitrogens with zero attached hydrogens (tertiary/aromatic N) is 1. The molecule has 0 saturated heterocycles. The molecule has 0 aliphatic heterocycles. The van der Waals surface area contributed by atoms with Crippen molar-refractivity contribution in [2.24, 2.45) is 0 Å². The number of carbonyl (C=O) groups is 2. The average molecular weight is 241 g/mol. The minimum Gasteiger partial charge on any atom is -0.464 e. The van der Waals surface area contributed by atoms with Crippen molar-refractivity contribution in [2.75, 3.05) is 6.61 Å². The Morgan fingerprint density at radius 1 is 1.41 bits per heavy atom. The molecule has 6 nitrogen and oxygen atoms in total. The van der Waals surface area contributed by atoms with Gasteiger partial charge in [0.15, 0.2) is 0 Å². The second kappa shape index (κ2) is 6.03. The van der Waals surface area contributed by atoms with Gasteiger partial charge >= 0.3 is 11.9 Å². The van der Waals surface area contributed by atoms with E-state index in [1.807, 2.05) is 6.92 Å². The van der Waals surface area contributed by atoms with Crippen LogP contribution in [0.3, 0.4) is 0 Å². The molecular weight excluding hydrogens is 226 g/mol. The molecule has 0 aromatic carbocycles. The predicted molar refractivity (Wildman–Crippen MR) is 57.5 cm³/mol. The molecule has 1 heterocycles. The number of esters is 1. The maximum atomic E-state index is 11.1. The summed E-state index contributed by atoms with van der Waals surface area (Å²) in [5.41, 5.74) is 1.19. The van der Waals surface area contributed by atoms with Crippen molar-refractivity contribution in [1.29, 1.82) is 0 Å². The molecule has 0 amide bonds. The Morgan fingerprint density at radius 2 is 2.12 bits per heavy atom. The molecule has 0 atom stereocenters. The monoisotopic (exact) mass is 241 g/mol. The summed E-state index contributed by atoms with van der Waals surface area (Å²) in [4.78, 5) is 21.8. The predicted octanol–water partition coefficient (Wildman–Crippen LogP) is 1.40. The van der Waals surface area contributed by atoms with Crippen LogP contribution >= 0.6 is 0 Å². The number of aromatic nitrogens is 1. The van der Waals surface area contributed by atoms with Crippen LogP contribution in [0.15, 0.2) is 4.52 Å². The van der Waals surface area contributed by atoms with Crippen LogP contribution in [0.1, 0.15) is 31.5 Å². The molecule has 1 aromatic rings. The van der Waals surface area contributed by atoms with Gasteiger partial charge in [-0.05, 0) is 20.8 Å². The third-order valence-corrected chi connectivity index (χ3v) is 2.02. The minimum atomic E-state index is -0.571. The standard InChI is InChI=1S/C11H15NO5/c1-4-15-11-8(3)9(12-17-11)6-16-10(14)5-7(2)13/h4-6H2,1-3H3. The summed E-state index contributed by atoms with van der Waals surface area (Å²) in [5.74, 6) is -0.482. The van der Waals surface area contributed by atoms with E-state index in [1.165, 1.54) is 6.92 Å². The molecule has 0 aliphatic carbocycles. The van der Waals surface area contributed by atoms with Crippen molar-refractivity contribution in [2.45, 2.75) is 33.8 Å². The van der Waals surface area contributed by atoms with Gasteiger partial charge in [-0.25, -0.2) is 0 Å². The highest BCUT2D eigenvalue weighted by atomic mass is 16.6. The first-order valence-corrected chi connectivity index (χ1v) is 5.27. The van der Waals surface area contributed by atoms with Gasteiger partial charge in [-0.1, -0.05) is 5.16 Å². The molecule has 6 heteroatoms. The highest BCUT2D eigenvalue weighted by Crippen LogP contribution is 2.21. The number of carbonyl (C=O) groups excluding carboxylic acids is 2. The van der Waals surface area contributed by atoms with E-state index >= 15 is 0 Å². The zero-order valence-corrected chi connectivity index (χ0v) is 10.1. The number of Topliss-reactive ketones (excluding diaryl/α,β-unsaturated/α-hetero) is 1. The highest BCUT2D eigenvalue weighted by molar-refractivity contribution is 5.94. The number of hydrogen-bond donors (Lipinski definition) is 0. The molecule has 94 valence electrons. The van der Waals surface area contributed by atoms with Crippen LogP contribution in [0.2, 0.25) is 0 Å². The first kappa shape index (κ1) is 13.2. The fraction of sp³-hybridized carbons (Fsp3) is 0.545. The van der Waals surface area contributed by atoms with Crippen LogP contribution in [-0.4, -0.2) is 23.5 Å². The quantitative estimate of drug-likeness (QED) is 0.553. The van der Waals surface area contributed by atoms with Gasteiger partial charge in [0.1, 0.15) is 24.5 Å². The van der Waals surface area contributed by atoms with Crippen LogP contribution in [0.25, 0.3) is 0 Å². The highest BCUT2D eigenvalue weighted by Gasteiger charge is 2.15. The van der Waals surface area contributed by atoms with Gasteiger partial charge in [0, 0.05) is 0 Å². The molecule has 1 rings (SSSR count). The Kier molecular flexibility index (Phi) is 4.68. The average Bonchev–Trinajstić information content (AvgIpc) is 2.57. The van der Waals surface area contributed by atoms with Crippen molar-refractivity contribution in [3.05, 3.63) is 11.3 Å². The van der Waals surface area contributed by atoms with Crippen molar-refractivity contribution < 1.29 is 23.6 Å². The van der Waals surface area contributed by atoms with Crippen LogP contribution < -0.4 is 4.74 Å². The van der Waals surface area contributed by atoms with Crippen LogP contribution in [0.4, 0.5) is 0 Å². The molecular formula is C11H15NO5. The topological polar surface area (TPSA) is 78.6 Å². The summed E-state index contributed by atoms with van der Waals surface area (Å²) in [6.07, 6.45) is -0.227. The minimum absolute atomic E-state index is 0.0193. The summed E-state index contributed by atoms with van der Waals surface area (Å²) in [7, 11) is 0. The SMILES string of the molecule is CCOc1onc(COC(=O)CC(C)=O)c1C. The molecule has 0 unspecified atom stereocenters. The second-order valence-electron chi connectivity index (χ2n) is 3.51. The van der Waals surface area contributed by atoms with E-state index in [1.54, 1.807) is 6.92 Å². The Bertz CT molecular complexity index is 410. The maximum Gasteiger partial charge on any atom is 0.314 e. The first-order valence-electron chi connectivity index (χ1n) is 5.27. The Labute approximate surface area is 98.9 Å². The van der Waals surface area contributed by atoms with E-state index in [-0.39, 0.29) is 18.8 Å². The van der Waals surface area contributed by atoms with Crippen molar-refractivity contribution in [3.63, 3.8) is 0 Å². The molecule has 0 aliphatic rings. The molecule has 0 saturated carbocycles. The van der Waals surface area contributed by atoms with Crippen molar-refractivity contribution in [3.8, 4) is 5.95 Å². The maximum absolute atomic E-state index is 11.1. The molecule has 0 N–H and O–H groups in total. The van der Waals surface area contributed by atoms with Crippen molar-refractivity contribution >= 4 is 11.8 Å². The lowest BCUT2D eigenvalue weighted by molar-refractivity contribution is -0.147. The molecule has 0 radical (unpaired) electrons. The summed E-state index contributed by atoms with van der Waals surface area (Å²) in [6.45, 7) is 5.37. The van der Waals surface area contributed by atoms with E-state index in [4.69, 9.17) is 14.0 Å². The van der Waals surface area contributed by atoms with Crippen LogP contribution in [-0.2, 0) is 20.9 Å². The zero-order chi connectivity index (χ0) is 12.8. The lowest BCUT2D eigenvalue weighted by atomic mass is 10.3. The number of hydrogen-bond acceptors (Lipinski definition) is 6. The summed E-state index contributed by atoms with van der Waals surface area (Å²) < 4.78 is 15.0. The van der Waals surface area contributed by atoms with Gasteiger partial charge in [0.05, 0.1) is 12.2 Å². The van der Waals surface area contributed by atoms with E-state index < -0.39 is 5.97 Å². The molecule has 0 bridgehead atoms. The van der Waals surface area contributed by atoms with Gasteiger partial charge in [-0.3, -0.25) is 9.59 Å². The molecule has 1 aromatic heterocycles. The Hall–Kier alpha value is -1.85. The Morgan fingerprint density at radius 3 is 2.71 bits per heavy atom. The first-order chi connectivity index (χ1) is 8.04. The number of ether oxygens (including phenoxy) is 2. The largest absolute Gasteiger partial charge is 0.464 e. The van der Waals surface area contributed by atoms with Crippen LogP contribution in [0.5, 0.6) is 5.95 Å². The zero-order valence-electron chi connectivity index (χ0n) is 10.1. The van der Waals surface area contributed by atoms with E-state index in [2.05, 4.69) is 5.16 Å². The van der Waals surface area contributed by atoms with Gasteiger partial charge in [-0.2, -0.15) is 0 Å². The second-order valence-corrected chi connectivity index (χ2v) is 3.51.